The van der Waals surface area contributed by atoms with E-state index in [9.17, 15) is 9.59 Å². The molecule has 4 nitrogen and oxygen atoms in total. The second kappa shape index (κ2) is 8.18. The highest BCUT2D eigenvalue weighted by Crippen LogP contribution is 2.13. The van der Waals surface area contributed by atoms with E-state index in [2.05, 4.69) is 19.2 Å². The van der Waals surface area contributed by atoms with E-state index in [0.717, 1.165) is 12.8 Å². The molecule has 0 aromatic heterocycles. The van der Waals surface area contributed by atoms with Crippen LogP contribution in [-0.2, 0) is 14.3 Å². The van der Waals surface area contributed by atoms with Gasteiger partial charge in [0.2, 0.25) is 5.91 Å². The van der Waals surface area contributed by atoms with Crippen molar-refractivity contribution in [1.82, 2.24) is 5.32 Å². The molecule has 0 radical (unpaired) electrons. The van der Waals surface area contributed by atoms with Crippen molar-refractivity contribution in [3.8, 4) is 0 Å². The quantitative estimate of drug-likeness (QED) is 0.724. The fraction of sp³-hybridized carbons (Fsp3) is 0.867. The van der Waals surface area contributed by atoms with Gasteiger partial charge >= 0.3 is 5.97 Å². The molecule has 19 heavy (non-hydrogen) atoms. The highest BCUT2D eigenvalue weighted by Gasteiger charge is 2.19. The van der Waals surface area contributed by atoms with Crippen LogP contribution >= 0.6 is 0 Å². The molecule has 0 aliphatic heterocycles. The van der Waals surface area contributed by atoms with Crippen LogP contribution in [0.5, 0.6) is 0 Å². The van der Waals surface area contributed by atoms with Gasteiger partial charge in [-0.3, -0.25) is 9.59 Å². The molecule has 0 rings (SSSR count). The lowest BCUT2D eigenvalue weighted by Crippen LogP contribution is -2.38. The Hall–Kier alpha value is -1.06. The van der Waals surface area contributed by atoms with Crippen LogP contribution < -0.4 is 5.32 Å². The minimum atomic E-state index is -0.490. The predicted molar refractivity (Wildman–Crippen MR) is 76.8 cm³/mol. The minimum absolute atomic E-state index is 0.0785. The smallest absolute Gasteiger partial charge is 0.306 e. The third-order valence-corrected chi connectivity index (χ3v) is 3.12. The van der Waals surface area contributed by atoms with Crippen LogP contribution in [0.4, 0.5) is 0 Å². The molecule has 0 aromatic carbocycles. The average Bonchev–Trinajstić information content (AvgIpc) is 2.25. The van der Waals surface area contributed by atoms with Gasteiger partial charge in [-0.1, -0.05) is 26.7 Å². The molecular weight excluding hydrogens is 242 g/mol. The van der Waals surface area contributed by atoms with Gasteiger partial charge in [0, 0.05) is 12.5 Å². The molecule has 0 spiro atoms. The average molecular weight is 271 g/mol. The van der Waals surface area contributed by atoms with Crippen LogP contribution in [0, 0.1) is 5.92 Å². The van der Waals surface area contributed by atoms with Gasteiger partial charge in [-0.15, -0.1) is 0 Å². The molecule has 0 aromatic rings. The Bertz CT molecular complexity index is 290. The first-order valence-corrected chi connectivity index (χ1v) is 7.20. The third kappa shape index (κ3) is 8.62. The lowest BCUT2D eigenvalue weighted by Gasteiger charge is -2.23. The van der Waals surface area contributed by atoms with Gasteiger partial charge < -0.3 is 10.1 Å². The van der Waals surface area contributed by atoms with Crippen LogP contribution in [0.3, 0.4) is 0 Å². The standard InChI is InChI=1S/C15H29NO3/c1-7-12(8-2)11(3)16-13(17)9-10-14(18)19-15(4,5)6/h11-12H,7-10H2,1-6H3,(H,16,17). The lowest BCUT2D eigenvalue weighted by atomic mass is 9.95. The number of esters is 1. The van der Waals surface area contributed by atoms with Crippen LogP contribution in [0.2, 0.25) is 0 Å². The maximum Gasteiger partial charge on any atom is 0.306 e. The number of carbonyl (C=O) groups is 2. The van der Waals surface area contributed by atoms with Crippen LogP contribution in [0.25, 0.3) is 0 Å². The van der Waals surface area contributed by atoms with Crippen molar-refractivity contribution in [2.75, 3.05) is 0 Å². The summed E-state index contributed by atoms with van der Waals surface area (Å²) in [6, 6.07) is 0.154. The number of hydrogen-bond donors (Lipinski definition) is 1. The summed E-state index contributed by atoms with van der Waals surface area (Å²) in [5, 5.41) is 2.95. The Morgan fingerprint density at radius 2 is 1.63 bits per heavy atom. The Balaban J connectivity index is 4.02. The second-order valence-corrected chi connectivity index (χ2v) is 6.02. The van der Waals surface area contributed by atoms with E-state index in [1.54, 1.807) is 0 Å². The number of nitrogens with one attached hydrogen (secondary N) is 1. The van der Waals surface area contributed by atoms with E-state index in [0.29, 0.717) is 5.92 Å². The number of ether oxygens (including phenoxy) is 1. The maximum absolute atomic E-state index is 11.7. The molecule has 0 bridgehead atoms. The summed E-state index contributed by atoms with van der Waals surface area (Å²) >= 11 is 0. The molecule has 0 saturated carbocycles. The van der Waals surface area contributed by atoms with Crippen molar-refractivity contribution < 1.29 is 14.3 Å². The molecule has 0 fully saturated rings. The minimum Gasteiger partial charge on any atom is -0.460 e. The first kappa shape index (κ1) is 17.9. The number of hydrogen-bond acceptors (Lipinski definition) is 3. The Morgan fingerprint density at radius 3 is 2.05 bits per heavy atom. The zero-order valence-electron chi connectivity index (χ0n) is 13.2. The Labute approximate surface area is 117 Å². The fourth-order valence-electron chi connectivity index (χ4n) is 2.05. The lowest BCUT2D eigenvalue weighted by molar-refractivity contribution is -0.155. The van der Waals surface area contributed by atoms with E-state index in [4.69, 9.17) is 4.74 Å². The SMILES string of the molecule is CCC(CC)C(C)NC(=O)CCC(=O)OC(C)(C)C. The van der Waals surface area contributed by atoms with Gasteiger partial charge in [0.25, 0.3) is 0 Å². The zero-order chi connectivity index (χ0) is 15.1. The molecule has 0 aliphatic carbocycles. The summed E-state index contributed by atoms with van der Waals surface area (Å²) in [5.41, 5.74) is -0.490. The van der Waals surface area contributed by atoms with E-state index in [1.165, 1.54) is 0 Å². The first-order chi connectivity index (χ1) is 8.69. The summed E-state index contributed by atoms with van der Waals surface area (Å²) in [6.45, 7) is 11.7. The van der Waals surface area contributed by atoms with Gasteiger partial charge in [-0.2, -0.15) is 0 Å². The van der Waals surface area contributed by atoms with Crippen molar-refractivity contribution in [3.05, 3.63) is 0 Å². The topological polar surface area (TPSA) is 55.4 Å². The third-order valence-electron chi connectivity index (χ3n) is 3.12. The van der Waals surface area contributed by atoms with Gasteiger partial charge in [0.1, 0.15) is 5.60 Å². The van der Waals surface area contributed by atoms with E-state index >= 15 is 0 Å². The number of amides is 1. The first-order valence-electron chi connectivity index (χ1n) is 7.20. The summed E-state index contributed by atoms with van der Waals surface area (Å²) in [5.74, 6) is 0.0913. The van der Waals surface area contributed by atoms with Crippen molar-refractivity contribution in [3.63, 3.8) is 0 Å². The predicted octanol–water partition coefficient (Wildman–Crippen LogP) is 3.05. The summed E-state index contributed by atoms with van der Waals surface area (Å²) < 4.78 is 5.16. The summed E-state index contributed by atoms with van der Waals surface area (Å²) in [4.78, 5) is 23.2. The van der Waals surface area contributed by atoms with Gasteiger partial charge in [0.15, 0.2) is 0 Å². The van der Waals surface area contributed by atoms with Crippen molar-refractivity contribution in [2.24, 2.45) is 5.92 Å². The monoisotopic (exact) mass is 271 g/mol. The molecule has 112 valence electrons. The van der Waals surface area contributed by atoms with Crippen molar-refractivity contribution in [2.45, 2.75) is 78.9 Å². The Kier molecular flexibility index (Phi) is 7.72. The van der Waals surface area contributed by atoms with Gasteiger partial charge in [-0.05, 0) is 33.6 Å². The molecule has 1 atom stereocenters. The number of carbonyl (C=O) groups excluding carboxylic acids is 2. The summed E-state index contributed by atoms with van der Waals surface area (Å²) in [6.07, 6.45) is 2.42. The highest BCUT2D eigenvalue weighted by atomic mass is 16.6. The van der Waals surface area contributed by atoms with E-state index < -0.39 is 5.60 Å². The second-order valence-electron chi connectivity index (χ2n) is 6.02. The summed E-state index contributed by atoms with van der Waals surface area (Å²) in [7, 11) is 0. The van der Waals surface area contributed by atoms with E-state index in [1.807, 2.05) is 27.7 Å². The normalized spacial score (nSPS) is 13.2. The molecule has 1 amide bonds. The van der Waals surface area contributed by atoms with Crippen molar-refractivity contribution in [1.29, 1.82) is 0 Å². The molecule has 0 heterocycles. The van der Waals surface area contributed by atoms with Crippen LogP contribution in [0.15, 0.2) is 0 Å². The van der Waals surface area contributed by atoms with Crippen LogP contribution in [-0.4, -0.2) is 23.5 Å². The molecule has 1 N–H and O–H groups in total. The fourth-order valence-corrected chi connectivity index (χ4v) is 2.05. The molecule has 0 saturated heterocycles. The molecular formula is C15H29NO3. The molecule has 0 aliphatic rings. The maximum atomic E-state index is 11.7. The molecule has 1 unspecified atom stereocenters. The Morgan fingerprint density at radius 1 is 1.11 bits per heavy atom. The number of rotatable bonds is 7. The molecule has 4 heteroatoms. The van der Waals surface area contributed by atoms with Crippen LogP contribution in [0.1, 0.15) is 67.2 Å². The van der Waals surface area contributed by atoms with E-state index in [-0.39, 0.29) is 30.8 Å². The zero-order valence-corrected chi connectivity index (χ0v) is 13.2. The van der Waals surface area contributed by atoms with Crippen molar-refractivity contribution >= 4 is 11.9 Å². The van der Waals surface area contributed by atoms with Gasteiger partial charge in [0.05, 0.1) is 6.42 Å². The van der Waals surface area contributed by atoms with Gasteiger partial charge in [-0.25, -0.2) is 0 Å². The highest BCUT2D eigenvalue weighted by molar-refractivity contribution is 5.81. The largest absolute Gasteiger partial charge is 0.460 e.